The Balaban J connectivity index is 2.72. The molecule has 2 heteroatoms. The lowest BCUT2D eigenvalue weighted by atomic mass is 10.1. The van der Waals surface area contributed by atoms with E-state index >= 15 is 0 Å². The van der Waals surface area contributed by atoms with E-state index in [2.05, 4.69) is 39.8 Å². The molecule has 0 bridgehead atoms. The Morgan fingerprint density at radius 1 is 1.44 bits per heavy atom. The van der Waals surface area contributed by atoms with Crippen molar-refractivity contribution in [3.63, 3.8) is 0 Å². The lowest BCUT2D eigenvalue weighted by Crippen LogP contribution is -2.16. The second-order valence-electron chi connectivity index (χ2n) is 2.56. The quantitative estimate of drug-likeness (QED) is 0.462. The molecule has 1 heterocycles. The summed E-state index contributed by atoms with van der Waals surface area (Å²) in [5.74, 6) is 0. The van der Waals surface area contributed by atoms with Crippen LogP contribution in [0, 0.1) is 0 Å². The first-order chi connectivity index (χ1) is 4.22. The van der Waals surface area contributed by atoms with Crippen LogP contribution in [0.1, 0.15) is 26.7 Å². The molecule has 0 aromatic rings. The summed E-state index contributed by atoms with van der Waals surface area (Å²) in [4.78, 5) is 0. The number of hydrogen-bond donors (Lipinski definition) is 0. The average molecular weight is 237 g/mol. The van der Waals surface area contributed by atoms with Gasteiger partial charge in [0.2, 0.25) is 0 Å². The summed E-state index contributed by atoms with van der Waals surface area (Å²) in [6.07, 6.45) is 2.62. The molecule has 9 heavy (non-hydrogen) atoms. The van der Waals surface area contributed by atoms with E-state index in [0.717, 1.165) is 0 Å². The maximum atomic E-state index is 2.37. The monoisotopic (exact) mass is 237 g/mol. The number of rotatable bonds is 0. The summed E-state index contributed by atoms with van der Waals surface area (Å²) in [6, 6.07) is 0. The maximum absolute atomic E-state index is 2.37. The van der Waals surface area contributed by atoms with Crippen molar-refractivity contribution >= 4 is 22.9 Å². The molecule has 1 aliphatic rings. The van der Waals surface area contributed by atoms with E-state index < -0.39 is 0 Å². The minimum absolute atomic E-state index is 1.23. The second-order valence-corrected chi connectivity index (χ2v) is 3.72. The van der Waals surface area contributed by atoms with Crippen molar-refractivity contribution in [3.8, 4) is 0 Å². The summed E-state index contributed by atoms with van der Waals surface area (Å²) in [5, 5.41) is 0. The van der Waals surface area contributed by atoms with Gasteiger partial charge in [-0.05, 0) is 26.7 Å². The molecule has 1 rings (SSSR count). The molecule has 0 aliphatic carbocycles. The lowest BCUT2D eigenvalue weighted by molar-refractivity contribution is 0.535. The zero-order valence-corrected chi connectivity index (χ0v) is 8.10. The van der Waals surface area contributed by atoms with Crippen LogP contribution in [-0.2, 0) is 0 Å². The first-order valence-electron chi connectivity index (χ1n) is 3.31. The molecule has 0 atom stereocenters. The van der Waals surface area contributed by atoms with E-state index in [1.807, 2.05) is 0 Å². The Morgan fingerprint density at radius 2 is 2.11 bits per heavy atom. The molecule has 0 unspecified atom stereocenters. The molecule has 0 fully saturated rings. The van der Waals surface area contributed by atoms with Crippen LogP contribution in [0.5, 0.6) is 0 Å². The van der Waals surface area contributed by atoms with Crippen molar-refractivity contribution in [1.82, 2.24) is 3.11 Å². The highest BCUT2D eigenvalue weighted by Crippen LogP contribution is 2.23. The molecule has 0 amide bonds. The summed E-state index contributed by atoms with van der Waals surface area (Å²) >= 11 is 2.37. The van der Waals surface area contributed by atoms with Gasteiger partial charge in [-0.25, -0.2) is 0 Å². The van der Waals surface area contributed by atoms with Gasteiger partial charge < -0.3 is 3.11 Å². The van der Waals surface area contributed by atoms with Gasteiger partial charge >= 0.3 is 0 Å². The predicted molar refractivity (Wildman–Crippen MR) is 48.3 cm³/mol. The fraction of sp³-hybridized carbons (Fsp3) is 0.714. The van der Waals surface area contributed by atoms with Crippen LogP contribution >= 0.6 is 22.9 Å². The van der Waals surface area contributed by atoms with Crippen molar-refractivity contribution in [1.29, 1.82) is 0 Å². The molecular weight excluding hydrogens is 225 g/mol. The number of allylic oxidation sites excluding steroid dienone is 2. The van der Waals surface area contributed by atoms with Crippen molar-refractivity contribution in [2.24, 2.45) is 0 Å². The minimum atomic E-state index is 1.23. The Morgan fingerprint density at radius 3 is 2.56 bits per heavy atom. The van der Waals surface area contributed by atoms with E-state index in [4.69, 9.17) is 0 Å². The zero-order chi connectivity index (χ0) is 6.85. The van der Waals surface area contributed by atoms with Crippen LogP contribution in [-0.4, -0.2) is 9.66 Å². The van der Waals surface area contributed by atoms with E-state index in [0.29, 0.717) is 0 Å². The average Bonchev–Trinajstić information content (AvgIpc) is 1.83. The Bertz CT molecular complexity index is 140. The van der Waals surface area contributed by atoms with E-state index in [9.17, 15) is 0 Å². The first-order valence-corrected chi connectivity index (χ1v) is 4.28. The van der Waals surface area contributed by atoms with Crippen molar-refractivity contribution in [2.45, 2.75) is 26.7 Å². The first kappa shape index (κ1) is 7.38. The van der Waals surface area contributed by atoms with Crippen LogP contribution in [0.4, 0.5) is 0 Å². The molecule has 0 aromatic heterocycles. The van der Waals surface area contributed by atoms with Gasteiger partial charge in [0.1, 0.15) is 0 Å². The number of halogens is 1. The van der Waals surface area contributed by atoms with Gasteiger partial charge in [-0.15, -0.1) is 0 Å². The predicted octanol–water partition coefficient (Wildman–Crippen LogP) is 2.73. The Hall–Kier alpha value is 0.270. The molecule has 0 saturated carbocycles. The molecule has 0 radical (unpaired) electrons. The van der Waals surface area contributed by atoms with Gasteiger partial charge in [0.25, 0.3) is 0 Å². The Labute approximate surface area is 70.6 Å². The van der Waals surface area contributed by atoms with Crippen molar-refractivity contribution in [3.05, 3.63) is 11.3 Å². The van der Waals surface area contributed by atoms with Gasteiger partial charge in [-0.2, -0.15) is 0 Å². The zero-order valence-electron chi connectivity index (χ0n) is 5.95. The fourth-order valence-electron chi connectivity index (χ4n) is 1.04. The minimum Gasteiger partial charge on any atom is -0.319 e. The van der Waals surface area contributed by atoms with Crippen molar-refractivity contribution in [2.75, 3.05) is 6.54 Å². The van der Waals surface area contributed by atoms with Gasteiger partial charge in [0, 0.05) is 12.2 Å². The van der Waals surface area contributed by atoms with Crippen LogP contribution in [0.2, 0.25) is 0 Å². The van der Waals surface area contributed by atoms with Gasteiger partial charge in [0.15, 0.2) is 0 Å². The molecule has 0 N–H and O–H groups in total. The highest BCUT2D eigenvalue weighted by molar-refractivity contribution is 14.1. The fourth-order valence-corrected chi connectivity index (χ4v) is 1.79. The van der Waals surface area contributed by atoms with Crippen LogP contribution < -0.4 is 0 Å². The molecule has 0 spiro atoms. The van der Waals surface area contributed by atoms with Crippen LogP contribution in [0.3, 0.4) is 0 Å². The molecule has 0 saturated heterocycles. The molecule has 1 nitrogen and oxygen atoms in total. The van der Waals surface area contributed by atoms with E-state index in [1.54, 1.807) is 5.57 Å². The molecule has 0 aromatic carbocycles. The standard InChI is InChI=1S/C7H12IN/c1-6-4-3-5-9(8)7(6)2/h3-5H2,1-2H3. The third-order valence-electron chi connectivity index (χ3n) is 1.89. The van der Waals surface area contributed by atoms with Gasteiger partial charge in [-0.1, -0.05) is 5.57 Å². The van der Waals surface area contributed by atoms with Crippen molar-refractivity contribution < 1.29 is 0 Å². The highest BCUT2D eigenvalue weighted by Gasteiger charge is 2.09. The lowest BCUT2D eigenvalue weighted by Gasteiger charge is -2.24. The molecule has 1 aliphatic heterocycles. The number of hydrogen-bond acceptors (Lipinski definition) is 1. The largest absolute Gasteiger partial charge is 0.319 e. The summed E-state index contributed by atoms with van der Waals surface area (Å²) in [7, 11) is 0. The maximum Gasteiger partial charge on any atom is 0.0588 e. The third-order valence-corrected chi connectivity index (χ3v) is 3.09. The van der Waals surface area contributed by atoms with E-state index in [-0.39, 0.29) is 0 Å². The smallest absolute Gasteiger partial charge is 0.0588 e. The SMILES string of the molecule is CC1=C(C)N(I)CCC1. The topological polar surface area (TPSA) is 3.24 Å². The third kappa shape index (κ3) is 1.60. The second kappa shape index (κ2) is 2.90. The molecule has 52 valence electrons. The number of nitrogens with zero attached hydrogens (tertiary/aromatic N) is 1. The highest BCUT2D eigenvalue weighted by atomic mass is 127. The normalized spacial score (nSPS) is 21.0. The van der Waals surface area contributed by atoms with Crippen LogP contribution in [0.25, 0.3) is 0 Å². The van der Waals surface area contributed by atoms with Gasteiger partial charge in [0.05, 0.1) is 22.9 Å². The van der Waals surface area contributed by atoms with E-state index in [1.165, 1.54) is 25.1 Å². The van der Waals surface area contributed by atoms with Gasteiger partial charge in [-0.3, -0.25) is 0 Å². The molecular formula is C7H12IN. The summed E-state index contributed by atoms with van der Waals surface area (Å²) < 4.78 is 2.30. The Kier molecular flexibility index (Phi) is 2.38. The summed E-state index contributed by atoms with van der Waals surface area (Å²) in [5.41, 5.74) is 3.01. The van der Waals surface area contributed by atoms with Crippen LogP contribution in [0.15, 0.2) is 11.3 Å². The summed E-state index contributed by atoms with van der Waals surface area (Å²) in [6.45, 7) is 5.64.